The highest BCUT2D eigenvalue weighted by Gasteiger charge is 2.29. The second-order valence-corrected chi connectivity index (χ2v) is 6.80. The summed E-state index contributed by atoms with van der Waals surface area (Å²) in [6, 6.07) is 8.74. The van der Waals surface area contributed by atoms with Gasteiger partial charge in [-0.1, -0.05) is 40.2 Å². The minimum Gasteiger partial charge on any atom is -0.376 e. The van der Waals surface area contributed by atoms with Crippen molar-refractivity contribution in [2.75, 3.05) is 6.61 Å². The Morgan fingerprint density at radius 3 is 2.65 bits per heavy atom. The molecule has 0 amide bonds. The molecule has 0 aliphatic heterocycles. The van der Waals surface area contributed by atoms with Crippen molar-refractivity contribution in [3.8, 4) is 0 Å². The molecular formula is C15H21BrO. The lowest BCUT2D eigenvalue weighted by Crippen LogP contribution is -2.21. The van der Waals surface area contributed by atoms with Crippen LogP contribution in [0.3, 0.4) is 0 Å². The van der Waals surface area contributed by atoms with E-state index in [1.807, 2.05) is 0 Å². The number of rotatable bonds is 3. The summed E-state index contributed by atoms with van der Waals surface area (Å²) in [5.41, 5.74) is 2.94. The summed E-state index contributed by atoms with van der Waals surface area (Å²) in [7, 11) is 0. The maximum absolute atomic E-state index is 5.82. The second-order valence-electron chi connectivity index (χ2n) is 5.81. The van der Waals surface area contributed by atoms with Gasteiger partial charge in [-0.05, 0) is 50.7 Å². The molecule has 2 rings (SSSR count). The highest BCUT2D eigenvalue weighted by Crippen LogP contribution is 2.43. The lowest BCUT2D eigenvalue weighted by Gasteiger charge is -2.22. The Balaban J connectivity index is 1.90. The molecule has 94 valence electrons. The van der Waals surface area contributed by atoms with Gasteiger partial charge in [0.05, 0.1) is 5.60 Å². The molecule has 0 fully saturated rings. The summed E-state index contributed by atoms with van der Waals surface area (Å²) < 4.78 is 5.82. The normalized spacial score (nSPS) is 23.8. The van der Waals surface area contributed by atoms with Gasteiger partial charge < -0.3 is 4.74 Å². The van der Waals surface area contributed by atoms with E-state index in [0.29, 0.717) is 10.7 Å². The molecule has 1 aromatic carbocycles. The van der Waals surface area contributed by atoms with E-state index in [9.17, 15) is 0 Å². The molecule has 1 nitrogen and oxygen atoms in total. The van der Waals surface area contributed by atoms with Crippen LogP contribution in [0.1, 0.15) is 43.1 Å². The fourth-order valence-corrected chi connectivity index (χ4v) is 3.29. The fourth-order valence-electron chi connectivity index (χ4n) is 2.39. The molecular weight excluding hydrogens is 276 g/mol. The first-order chi connectivity index (χ1) is 7.97. The molecule has 0 bridgehead atoms. The molecule has 0 heterocycles. The standard InChI is InChI=1S/C15H21BrO/c1-15(2,3)17-9-8-12-10-11-6-4-5-7-13(11)14(12)16/h4-7,12,14H,8-10H2,1-3H3. The highest BCUT2D eigenvalue weighted by atomic mass is 79.9. The number of fused-ring (bicyclic) bond motifs is 1. The molecule has 1 aliphatic rings. The van der Waals surface area contributed by atoms with E-state index < -0.39 is 0 Å². The van der Waals surface area contributed by atoms with Crippen molar-refractivity contribution in [1.82, 2.24) is 0 Å². The molecule has 0 aromatic heterocycles. The molecule has 0 spiro atoms. The molecule has 2 unspecified atom stereocenters. The van der Waals surface area contributed by atoms with Gasteiger partial charge in [0.15, 0.2) is 0 Å². The Morgan fingerprint density at radius 2 is 2.00 bits per heavy atom. The van der Waals surface area contributed by atoms with Gasteiger partial charge in [-0.25, -0.2) is 0 Å². The van der Waals surface area contributed by atoms with E-state index in [4.69, 9.17) is 4.74 Å². The molecule has 1 aromatic rings. The number of hydrogen-bond donors (Lipinski definition) is 0. The van der Waals surface area contributed by atoms with Crippen LogP contribution < -0.4 is 0 Å². The number of hydrogen-bond acceptors (Lipinski definition) is 1. The SMILES string of the molecule is CC(C)(C)OCCC1Cc2ccccc2C1Br. The summed E-state index contributed by atoms with van der Waals surface area (Å²) in [4.78, 5) is 0.502. The monoisotopic (exact) mass is 296 g/mol. The van der Waals surface area contributed by atoms with Crippen molar-refractivity contribution in [3.63, 3.8) is 0 Å². The van der Waals surface area contributed by atoms with Crippen LogP contribution in [0, 0.1) is 5.92 Å². The molecule has 17 heavy (non-hydrogen) atoms. The predicted molar refractivity (Wildman–Crippen MR) is 75.6 cm³/mol. The quantitative estimate of drug-likeness (QED) is 0.746. The molecule has 0 saturated carbocycles. The minimum absolute atomic E-state index is 0.0206. The maximum Gasteiger partial charge on any atom is 0.0598 e. The van der Waals surface area contributed by atoms with Crippen LogP contribution >= 0.6 is 15.9 Å². The van der Waals surface area contributed by atoms with Crippen LogP contribution in [0.25, 0.3) is 0 Å². The molecule has 0 saturated heterocycles. The number of benzene rings is 1. The maximum atomic E-state index is 5.82. The Kier molecular flexibility index (Phi) is 3.94. The molecule has 0 radical (unpaired) electrons. The van der Waals surface area contributed by atoms with Crippen LogP contribution in [-0.4, -0.2) is 12.2 Å². The van der Waals surface area contributed by atoms with Gasteiger partial charge >= 0.3 is 0 Å². The van der Waals surface area contributed by atoms with Crippen LogP contribution in [0.4, 0.5) is 0 Å². The Bertz CT molecular complexity index is 381. The Morgan fingerprint density at radius 1 is 1.29 bits per heavy atom. The van der Waals surface area contributed by atoms with Gasteiger partial charge in [-0.2, -0.15) is 0 Å². The summed E-state index contributed by atoms with van der Waals surface area (Å²) in [6.07, 6.45) is 2.31. The van der Waals surface area contributed by atoms with Crippen molar-refractivity contribution in [2.24, 2.45) is 5.92 Å². The third kappa shape index (κ3) is 3.32. The van der Waals surface area contributed by atoms with Crippen molar-refractivity contribution >= 4 is 15.9 Å². The zero-order chi connectivity index (χ0) is 12.5. The Labute approximate surface area is 113 Å². The highest BCUT2D eigenvalue weighted by molar-refractivity contribution is 9.09. The third-order valence-electron chi connectivity index (χ3n) is 3.27. The summed E-state index contributed by atoms with van der Waals surface area (Å²) in [5, 5.41) is 0. The van der Waals surface area contributed by atoms with Crippen molar-refractivity contribution in [2.45, 2.75) is 44.0 Å². The fraction of sp³-hybridized carbons (Fsp3) is 0.600. The van der Waals surface area contributed by atoms with Gasteiger partial charge in [0.25, 0.3) is 0 Å². The first-order valence-corrected chi connectivity index (χ1v) is 7.25. The molecule has 2 atom stereocenters. The zero-order valence-corrected chi connectivity index (χ0v) is 12.5. The van der Waals surface area contributed by atoms with E-state index in [2.05, 4.69) is 61.0 Å². The smallest absolute Gasteiger partial charge is 0.0598 e. The topological polar surface area (TPSA) is 9.23 Å². The van der Waals surface area contributed by atoms with Crippen LogP contribution in [0.15, 0.2) is 24.3 Å². The molecule has 2 heteroatoms. The lowest BCUT2D eigenvalue weighted by atomic mass is 10.0. The average Bonchev–Trinajstić information content (AvgIpc) is 2.55. The zero-order valence-electron chi connectivity index (χ0n) is 10.9. The third-order valence-corrected chi connectivity index (χ3v) is 4.51. The van der Waals surface area contributed by atoms with E-state index in [1.165, 1.54) is 17.5 Å². The number of ether oxygens (including phenoxy) is 1. The van der Waals surface area contributed by atoms with Gasteiger partial charge in [-0.15, -0.1) is 0 Å². The van der Waals surface area contributed by atoms with Crippen LogP contribution in [0.5, 0.6) is 0 Å². The first kappa shape index (κ1) is 13.1. The van der Waals surface area contributed by atoms with Gasteiger partial charge in [0.1, 0.15) is 0 Å². The number of alkyl halides is 1. The van der Waals surface area contributed by atoms with Gasteiger partial charge in [-0.3, -0.25) is 0 Å². The Hall–Kier alpha value is -0.340. The van der Waals surface area contributed by atoms with Crippen LogP contribution in [-0.2, 0) is 11.2 Å². The summed E-state index contributed by atoms with van der Waals surface area (Å²) >= 11 is 3.83. The van der Waals surface area contributed by atoms with Crippen molar-refractivity contribution < 1.29 is 4.74 Å². The molecule has 1 aliphatic carbocycles. The minimum atomic E-state index is -0.0206. The summed E-state index contributed by atoms with van der Waals surface area (Å²) in [6.45, 7) is 7.19. The van der Waals surface area contributed by atoms with Gasteiger partial charge in [0.2, 0.25) is 0 Å². The van der Waals surface area contributed by atoms with Crippen molar-refractivity contribution in [1.29, 1.82) is 0 Å². The van der Waals surface area contributed by atoms with E-state index in [-0.39, 0.29) is 5.60 Å². The second kappa shape index (κ2) is 5.11. The van der Waals surface area contributed by atoms with Crippen molar-refractivity contribution in [3.05, 3.63) is 35.4 Å². The number of halogens is 1. The van der Waals surface area contributed by atoms with Gasteiger partial charge in [0, 0.05) is 11.4 Å². The van der Waals surface area contributed by atoms with E-state index >= 15 is 0 Å². The average molecular weight is 297 g/mol. The largest absolute Gasteiger partial charge is 0.376 e. The molecule has 0 N–H and O–H groups in total. The van der Waals surface area contributed by atoms with E-state index in [1.54, 1.807) is 0 Å². The first-order valence-electron chi connectivity index (χ1n) is 6.33. The van der Waals surface area contributed by atoms with E-state index in [0.717, 1.165) is 13.0 Å². The summed E-state index contributed by atoms with van der Waals surface area (Å²) in [5.74, 6) is 0.676. The lowest BCUT2D eigenvalue weighted by molar-refractivity contribution is -0.00885. The predicted octanol–water partition coefficient (Wildman–Crippen LogP) is 4.50. The van der Waals surface area contributed by atoms with Crippen LogP contribution in [0.2, 0.25) is 0 Å².